The highest BCUT2D eigenvalue weighted by molar-refractivity contribution is 7.89. The molecule has 0 heterocycles. The van der Waals surface area contributed by atoms with E-state index in [4.69, 9.17) is 4.84 Å². The number of sulfonamides is 1. The average Bonchev–Trinajstić information content (AvgIpc) is 3.29. The Balaban J connectivity index is 1.54. The number of fused-ring (bicyclic) bond motifs is 2. The Kier molecular flexibility index (Phi) is 4.80. The standard InChI is InChI=1S/C20H20N2O4S/c23-20(14-7-3-1-4-8-14)26-21-18-15-11-12-16(13-15)19(18)22-27(24,25)17-9-5-2-6-10-17/h1-10,15-16,19,22H,11-13H2/b21-18-. The van der Waals surface area contributed by atoms with Gasteiger partial charge in [0.05, 0.1) is 22.2 Å². The molecule has 6 nitrogen and oxygen atoms in total. The van der Waals surface area contributed by atoms with Gasteiger partial charge < -0.3 is 4.84 Å². The summed E-state index contributed by atoms with van der Waals surface area (Å²) >= 11 is 0. The van der Waals surface area contributed by atoms with Gasteiger partial charge in [-0.15, -0.1) is 0 Å². The summed E-state index contributed by atoms with van der Waals surface area (Å²) in [6.07, 6.45) is 2.75. The minimum Gasteiger partial charge on any atom is -0.313 e. The molecule has 2 bridgehead atoms. The van der Waals surface area contributed by atoms with Crippen molar-refractivity contribution in [2.45, 2.75) is 30.2 Å². The SMILES string of the molecule is O=C(O/N=C1/C2CCC(C2)C1NS(=O)(=O)c1ccccc1)c1ccccc1. The predicted octanol–water partition coefficient (Wildman–Crippen LogP) is 2.98. The largest absolute Gasteiger partial charge is 0.365 e. The molecule has 4 rings (SSSR count). The maximum absolute atomic E-state index is 12.7. The van der Waals surface area contributed by atoms with Gasteiger partial charge in [-0.1, -0.05) is 41.6 Å². The van der Waals surface area contributed by atoms with Crippen molar-refractivity contribution in [1.82, 2.24) is 4.72 Å². The molecule has 7 heteroatoms. The Morgan fingerprint density at radius 1 is 1.00 bits per heavy atom. The Morgan fingerprint density at radius 3 is 2.37 bits per heavy atom. The first-order valence-electron chi connectivity index (χ1n) is 8.96. The van der Waals surface area contributed by atoms with Crippen molar-refractivity contribution in [3.8, 4) is 0 Å². The number of oxime groups is 1. The molecule has 2 aliphatic carbocycles. The number of nitrogens with one attached hydrogen (secondary N) is 1. The van der Waals surface area contributed by atoms with Crippen LogP contribution in [0.25, 0.3) is 0 Å². The van der Waals surface area contributed by atoms with Crippen LogP contribution < -0.4 is 4.72 Å². The Hall–Kier alpha value is -2.51. The second-order valence-electron chi connectivity index (χ2n) is 6.94. The molecule has 0 spiro atoms. The first-order valence-corrected chi connectivity index (χ1v) is 10.4. The number of carbonyl (C=O) groups excluding carboxylic acids is 1. The summed E-state index contributed by atoms with van der Waals surface area (Å²) in [4.78, 5) is 17.5. The van der Waals surface area contributed by atoms with E-state index < -0.39 is 22.0 Å². The smallest absolute Gasteiger partial charge is 0.313 e. The molecule has 0 radical (unpaired) electrons. The van der Waals surface area contributed by atoms with Crippen LogP contribution in [0.4, 0.5) is 0 Å². The van der Waals surface area contributed by atoms with Gasteiger partial charge in [0.25, 0.3) is 0 Å². The number of hydrogen-bond acceptors (Lipinski definition) is 5. The van der Waals surface area contributed by atoms with Crippen LogP contribution in [0.1, 0.15) is 29.6 Å². The van der Waals surface area contributed by atoms with Gasteiger partial charge in [-0.3, -0.25) is 0 Å². The van der Waals surface area contributed by atoms with Crippen molar-refractivity contribution in [1.29, 1.82) is 0 Å². The molecule has 2 aliphatic rings. The highest BCUT2D eigenvalue weighted by Gasteiger charge is 2.47. The molecule has 2 saturated carbocycles. The topological polar surface area (TPSA) is 84.8 Å². The van der Waals surface area contributed by atoms with Crippen LogP contribution in [0.5, 0.6) is 0 Å². The van der Waals surface area contributed by atoms with Gasteiger partial charge in [-0.05, 0) is 49.4 Å². The number of nitrogens with zero attached hydrogens (tertiary/aromatic N) is 1. The lowest BCUT2D eigenvalue weighted by atomic mass is 9.94. The summed E-state index contributed by atoms with van der Waals surface area (Å²) in [7, 11) is -3.66. The number of carbonyl (C=O) groups is 1. The van der Waals surface area contributed by atoms with Crippen molar-refractivity contribution in [3.05, 3.63) is 66.2 Å². The van der Waals surface area contributed by atoms with Gasteiger partial charge >= 0.3 is 5.97 Å². The Labute approximate surface area is 158 Å². The fourth-order valence-corrected chi connectivity index (χ4v) is 5.23. The number of hydrogen-bond donors (Lipinski definition) is 1. The fourth-order valence-electron chi connectivity index (χ4n) is 3.93. The number of benzene rings is 2. The van der Waals surface area contributed by atoms with Gasteiger partial charge in [0.15, 0.2) is 0 Å². The van der Waals surface area contributed by atoms with Crippen LogP contribution in [0.2, 0.25) is 0 Å². The summed E-state index contributed by atoms with van der Waals surface area (Å²) in [5.41, 5.74) is 1.03. The van der Waals surface area contributed by atoms with E-state index in [9.17, 15) is 13.2 Å². The maximum atomic E-state index is 12.7. The molecule has 2 aromatic carbocycles. The maximum Gasteiger partial charge on any atom is 0.365 e. The highest BCUT2D eigenvalue weighted by Crippen LogP contribution is 2.43. The van der Waals surface area contributed by atoms with Gasteiger partial charge in [0, 0.05) is 5.92 Å². The molecule has 3 unspecified atom stereocenters. The van der Waals surface area contributed by atoms with Crippen molar-refractivity contribution >= 4 is 21.7 Å². The van der Waals surface area contributed by atoms with Gasteiger partial charge in [-0.2, -0.15) is 0 Å². The van der Waals surface area contributed by atoms with E-state index in [-0.39, 0.29) is 16.7 Å². The first kappa shape index (κ1) is 17.9. The second kappa shape index (κ2) is 7.25. The van der Waals surface area contributed by atoms with Crippen LogP contribution in [-0.4, -0.2) is 26.1 Å². The lowest BCUT2D eigenvalue weighted by Gasteiger charge is -2.24. The van der Waals surface area contributed by atoms with Crippen LogP contribution >= 0.6 is 0 Å². The third-order valence-corrected chi connectivity index (χ3v) is 6.72. The summed E-state index contributed by atoms with van der Waals surface area (Å²) in [6.45, 7) is 0. The summed E-state index contributed by atoms with van der Waals surface area (Å²) in [6, 6.07) is 16.4. The zero-order valence-corrected chi connectivity index (χ0v) is 15.4. The zero-order chi connectivity index (χ0) is 18.9. The molecule has 2 fully saturated rings. The van der Waals surface area contributed by atoms with E-state index in [1.807, 2.05) is 6.07 Å². The quantitative estimate of drug-likeness (QED) is 0.634. The fraction of sp³-hybridized carbons (Fsp3) is 0.300. The van der Waals surface area contributed by atoms with Crippen molar-refractivity contribution in [2.75, 3.05) is 0 Å². The monoisotopic (exact) mass is 384 g/mol. The van der Waals surface area contributed by atoms with E-state index in [0.29, 0.717) is 11.3 Å². The molecule has 140 valence electrons. The van der Waals surface area contributed by atoms with Crippen LogP contribution in [0, 0.1) is 11.8 Å². The molecule has 27 heavy (non-hydrogen) atoms. The minimum absolute atomic E-state index is 0.155. The summed E-state index contributed by atoms with van der Waals surface area (Å²) < 4.78 is 28.2. The molecule has 0 aliphatic heterocycles. The molecular formula is C20H20N2O4S. The summed E-state index contributed by atoms with van der Waals surface area (Å²) in [5.74, 6) is -0.208. The lowest BCUT2D eigenvalue weighted by molar-refractivity contribution is 0.0512. The van der Waals surface area contributed by atoms with Crippen molar-refractivity contribution in [2.24, 2.45) is 17.0 Å². The van der Waals surface area contributed by atoms with Gasteiger partial charge in [0.2, 0.25) is 10.0 Å². The third kappa shape index (κ3) is 3.65. The molecule has 1 N–H and O–H groups in total. The van der Waals surface area contributed by atoms with E-state index in [1.165, 1.54) is 0 Å². The lowest BCUT2D eigenvalue weighted by Crippen LogP contribution is -2.44. The van der Waals surface area contributed by atoms with E-state index in [2.05, 4.69) is 9.88 Å². The molecule has 0 saturated heterocycles. The van der Waals surface area contributed by atoms with Crippen LogP contribution in [0.15, 0.2) is 70.7 Å². The third-order valence-electron chi connectivity index (χ3n) is 5.26. The van der Waals surface area contributed by atoms with E-state index in [0.717, 1.165) is 19.3 Å². The Bertz CT molecular complexity index is 958. The normalized spacial score (nSPS) is 25.6. The van der Waals surface area contributed by atoms with Gasteiger partial charge in [-0.25, -0.2) is 17.9 Å². The second-order valence-corrected chi connectivity index (χ2v) is 8.66. The van der Waals surface area contributed by atoms with Crippen LogP contribution in [0.3, 0.4) is 0 Å². The Morgan fingerprint density at radius 2 is 1.67 bits per heavy atom. The highest BCUT2D eigenvalue weighted by atomic mass is 32.2. The van der Waals surface area contributed by atoms with E-state index >= 15 is 0 Å². The zero-order valence-electron chi connectivity index (χ0n) is 14.6. The summed E-state index contributed by atoms with van der Waals surface area (Å²) in [5, 5.41) is 4.08. The van der Waals surface area contributed by atoms with Crippen molar-refractivity contribution < 1.29 is 18.0 Å². The molecule has 3 atom stereocenters. The predicted molar refractivity (Wildman–Crippen MR) is 101 cm³/mol. The number of rotatable bonds is 5. The van der Waals surface area contributed by atoms with Crippen LogP contribution in [-0.2, 0) is 14.9 Å². The minimum atomic E-state index is -3.66. The molecule has 0 aromatic heterocycles. The molecule has 0 amide bonds. The van der Waals surface area contributed by atoms with Gasteiger partial charge in [0.1, 0.15) is 0 Å². The van der Waals surface area contributed by atoms with E-state index in [1.54, 1.807) is 54.6 Å². The van der Waals surface area contributed by atoms with Crippen molar-refractivity contribution in [3.63, 3.8) is 0 Å². The average molecular weight is 384 g/mol. The molecule has 2 aromatic rings. The first-order chi connectivity index (χ1) is 13.0. The molecular weight excluding hydrogens is 364 g/mol.